The summed E-state index contributed by atoms with van der Waals surface area (Å²) in [5.74, 6) is -0.0894. The van der Waals surface area contributed by atoms with Gasteiger partial charge in [0, 0.05) is 32.8 Å². The highest BCUT2D eigenvalue weighted by atomic mass is 79.9. The molecule has 94 valence electrons. The van der Waals surface area contributed by atoms with Crippen molar-refractivity contribution in [1.29, 1.82) is 0 Å². The molecule has 1 fully saturated rings. The summed E-state index contributed by atoms with van der Waals surface area (Å²) < 4.78 is 0. The van der Waals surface area contributed by atoms with Gasteiger partial charge >= 0.3 is 0 Å². The Morgan fingerprint density at radius 3 is 2.56 bits per heavy atom. The van der Waals surface area contributed by atoms with Crippen molar-refractivity contribution >= 4 is 39.1 Å². The Kier molecular flexibility index (Phi) is 3.07. The lowest BCUT2D eigenvalue weighted by molar-refractivity contribution is 0.0682. The molecule has 1 saturated carbocycles. The van der Waals surface area contributed by atoms with Gasteiger partial charge in [-0.2, -0.15) is 0 Å². The molecule has 1 aromatic carbocycles. The predicted molar refractivity (Wildman–Crippen MR) is 73.7 cm³/mol. The second-order valence-electron chi connectivity index (χ2n) is 5.04. The first-order valence-electron chi connectivity index (χ1n) is 6.10. The van der Waals surface area contributed by atoms with Crippen molar-refractivity contribution in [3.8, 4) is 0 Å². The van der Waals surface area contributed by atoms with Gasteiger partial charge in [-0.05, 0) is 37.5 Å². The summed E-state index contributed by atoms with van der Waals surface area (Å²) in [6.07, 6.45) is 2.50. The molecule has 0 N–H and O–H groups in total. The molecule has 0 aromatic heterocycles. The van der Waals surface area contributed by atoms with E-state index in [1.807, 2.05) is 0 Å². The summed E-state index contributed by atoms with van der Waals surface area (Å²) in [4.78, 5) is 25.2. The summed E-state index contributed by atoms with van der Waals surface area (Å²) >= 11 is 9.48. The fraction of sp³-hybridized carbons (Fsp3) is 0.429. The number of halogens is 2. The maximum absolute atomic E-state index is 12.4. The van der Waals surface area contributed by atoms with E-state index < -0.39 is 0 Å². The average molecular weight is 328 g/mol. The molecule has 0 bridgehead atoms. The van der Waals surface area contributed by atoms with Crippen LogP contribution in [0.25, 0.3) is 0 Å². The van der Waals surface area contributed by atoms with E-state index in [1.165, 1.54) is 0 Å². The minimum Gasteiger partial charge on any atom is -0.294 e. The second kappa shape index (κ2) is 4.46. The number of benzene rings is 1. The number of alkyl halides is 1. The Morgan fingerprint density at radius 1 is 1.06 bits per heavy atom. The molecule has 3 unspecified atom stereocenters. The van der Waals surface area contributed by atoms with Crippen LogP contribution in [0.1, 0.15) is 40.0 Å². The van der Waals surface area contributed by atoms with Crippen molar-refractivity contribution in [2.24, 2.45) is 11.8 Å². The van der Waals surface area contributed by atoms with E-state index in [0.29, 0.717) is 21.0 Å². The van der Waals surface area contributed by atoms with E-state index in [1.54, 1.807) is 18.2 Å². The molecule has 1 aromatic rings. The van der Waals surface area contributed by atoms with E-state index in [9.17, 15) is 9.59 Å². The quantitative estimate of drug-likeness (QED) is 0.677. The zero-order chi connectivity index (χ0) is 12.9. The normalized spacial score (nSPS) is 30.9. The first kappa shape index (κ1) is 12.4. The number of carbonyl (C=O) groups is 2. The minimum absolute atomic E-state index is 0.0940. The molecule has 3 atom stereocenters. The van der Waals surface area contributed by atoms with Crippen LogP contribution < -0.4 is 0 Å². The number of hydrogen-bond acceptors (Lipinski definition) is 2. The monoisotopic (exact) mass is 326 g/mol. The lowest BCUT2D eigenvalue weighted by atomic mass is 9.67. The highest BCUT2D eigenvalue weighted by Crippen LogP contribution is 2.42. The Bertz CT molecular complexity index is 541. The van der Waals surface area contributed by atoms with Gasteiger partial charge in [0.25, 0.3) is 0 Å². The van der Waals surface area contributed by atoms with Crippen LogP contribution in [0, 0.1) is 11.8 Å². The molecular weight excluding hydrogens is 316 g/mol. The van der Waals surface area contributed by atoms with Gasteiger partial charge in [0.1, 0.15) is 0 Å². The zero-order valence-corrected chi connectivity index (χ0v) is 12.0. The molecule has 0 aliphatic heterocycles. The highest BCUT2D eigenvalue weighted by molar-refractivity contribution is 9.09. The van der Waals surface area contributed by atoms with Crippen molar-refractivity contribution in [2.75, 3.05) is 0 Å². The molecule has 0 radical (unpaired) electrons. The summed E-state index contributed by atoms with van der Waals surface area (Å²) in [5, 5.41) is 0.516. The van der Waals surface area contributed by atoms with E-state index in [2.05, 4.69) is 15.9 Å². The molecule has 0 heterocycles. The third-order valence-corrected chi connectivity index (χ3v) is 5.04. The van der Waals surface area contributed by atoms with Crippen molar-refractivity contribution in [2.45, 2.75) is 24.1 Å². The number of rotatable bonds is 0. The zero-order valence-electron chi connectivity index (χ0n) is 9.66. The Balaban J connectivity index is 2.09. The van der Waals surface area contributed by atoms with E-state index in [4.69, 9.17) is 11.6 Å². The topological polar surface area (TPSA) is 34.1 Å². The first-order valence-corrected chi connectivity index (χ1v) is 7.39. The lowest BCUT2D eigenvalue weighted by Gasteiger charge is -2.36. The first-order chi connectivity index (χ1) is 8.58. The molecule has 18 heavy (non-hydrogen) atoms. The number of Topliss-reactive ketones (excluding diaryl/α,β-unsaturated/α-hetero) is 2. The van der Waals surface area contributed by atoms with E-state index >= 15 is 0 Å². The van der Waals surface area contributed by atoms with Crippen LogP contribution in [-0.2, 0) is 0 Å². The van der Waals surface area contributed by atoms with Gasteiger partial charge in [-0.3, -0.25) is 9.59 Å². The van der Waals surface area contributed by atoms with Crippen molar-refractivity contribution in [3.05, 3.63) is 34.3 Å². The van der Waals surface area contributed by atoms with Crippen molar-refractivity contribution in [1.82, 2.24) is 0 Å². The number of hydrogen-bond donors (Lipinski definition) is 0. The molecule has 0 saturated heterocycles. The van der Waals surface area contributed by atoms with Crippen molar-refractivity contribution < 1.29 is 9.59 Å². The van der Waals surface area contributed by atoms with Crippen molar-refractivity contribution in [3.63, 3.8) is 0 Å². The second-order valence-corrected chi connectivity index (χ2v) is 6.77. The number of ketones is 2. The van der Waals surface area contributed by atoms with E-state index in [0.717, 1.165) is 19.3 Å². The smallest absolute Gasteiger partial charge is 0.167 e. The van der Waals surface area contributed by atoms with Gasteiger partial charge in [0.15, 0.2) is 11.6 Å². The number of fused-ring (bicyclic) bond motifs is 2. The molecule has 2 nitrogen and oxygen atoms in total. The van der Waals surface area contributed by atoms with Gasteiger partial charge in [0.2, 0.25) is 0 Å². The Morgan fingerprint density at radius 2 is 1.78 bits per heavy atom. The van der Waals surface area contributed by atoms with Crippen LogP contribution in [0.5, 0.6) is 0 Å². The van der Waals surface area contributed by atoms with Gasteiger partial charge in [-0.15, -0.1) is 0 Å². The fourth-order valence-corrected chi connectivity index (χ4v) is 3.90. The molecule has 4 heteroatoms. The van der Waals surface area contributed by atoms with Crippen LogP contribution in [0.3, 0.4) is 0 Å². The predicted octanol–water partition coefficient (Wildman–Crippen LogP) is 3.90. The van der Waals surface area contributed by atoms with E-state index in [-0.39, 0.29) is 23.4 Å². The van der Waals surface area contributed by atoms with Crippen LogP contribution in [-0.4, -0.2) is 16.4 Å². The molecular formula is C14H12BrClO2. The third-order valence-electron chi connectivity index (χ3n) is 3.97. The maximum Gasteiger partial charge on any atom is 0.167 e. The standard InChI is InChI=1S/C14H12BrClO2/c15-7-1-3-9-11(5-7)13(17)10-4-2-8(16)6-12(10)14(9)18/h2,4,6-7,9,11H,1,3,5H2. The van der Waals surface area contributed by atoms with Gasteiger partial charge < -0.3 is 0 Å². The SMILES string of the molecule is O=C1c2cc(Cl)ccc2C(=O)C2CC(Br)CCC12. The van der Waals surface area contributed by atoms with Crippen LogP contribution in [0.4, 0.5) is 0 Å². The van der Waals surface area contributed by atoms with Gasteiger partial charge in [-0.25, -0.2) is 0 Å². The molecule has 2 aliphatic rings. The number of carbonyl (C=O) groups excluding carboxylic acids is 2. The summed E-state index contributed by atoms with van der Waals surface area (Å²) in [5.41, 5.74) is 1.06. The lowest BCUT2D eigenvalue weighted by Crippen LogP contribution is -2.40. The average Bonchev–Trinajstić information content (AvgIpc) is 2.36. The maximum atomic E-state index is 12.4. The Hall–Kier alpha value is -0.670. The Labute approximate surface area is 119 Å². The summed E-state index contributed by atoms with van der Waals surface area (Å²) in [7, 11) is 0. The minimum atomic E-state index is -0.149. The van der Waals surface area contributed by atoms with Crippen LogP contribution in [0.2, 0.25) is 5.02 Å². The van der Waals surface area contributed by atoms with Crippen LogP contribution in [0.15, 0.2) is 18.2 Å². The largest absolute Gasteiger partial charge is 0.294 e. The van der Waals surface area contributed by atoms with Crippen LogP contribution >= 0.6 is 27.5 Å². The molecule has 2 aliphatic carbocycles. The molecule has 0 amide bonds. The fourth-order valence-electron chi connectivity index (χ4n) is 3.06. The molecule has 3 rings (SSSR count). The molecule has 0 spiro atoms. The summed E-state index contributed by atoms with van der Waals surface area (Å²) in [6.45, 7) is 0. The summed E-state index contributed by atoms with van der Waals surface area (Å²) in [6, 6.07) is 5.00. The third kappa shape index (κ3) is 1.84. The highest BCUT2D eigenvalue weighted by Gasteiger charge is 2.44. The van der Waals surface area contributed by atoms with Gasteiger partial charge in [0.05, 0.1) is 0 Å². The van der Waals surface area contributed by atoms with Gasteiger partial charge in [-0.1, -0.05) is 27.5 Å².